The van der Waals surface area contributed by atoms with Crippen LogP contribution in [0.25, 0.3) is 11.1 Å². The zero-order valence-electron chi connectivity index (χ0n) is 15.0. The van der Waals surface area contributed by atoms with Gasteiger partial charge in [-0.15, -0.1) is 0 Å². The highest BCUT2D eigenvalue weighted by molar-refractivity contribution is 5.91. The van der Waals surface area contributed by atoms with Crippen LogP contribution in [0.3, 0.4) is 0 Å². The van der Waals surface area contributed by atoms with Crippen molar-refractivity contribution in [2.75, 3.05) is 7.11 Å². The SMILES string of the molecule is COc1ccc(C(=O)Oc2ccc(-c3ccc(OC(C)=O)cc3)cc2)cc1. The van der Waals surface area contributed by atoms with E-state index in [1.807, 2.05) is 24.3 Å². The van der Waals surface area contributed by atoms with Crippen LogP contribution >= 0.6 is 0 Å². The summed E-state index contributed by atoms with van der Waals surface area (Å²) in [5.41, 5.74) is 2.36. The molecule has 0 aliphatic heterocycles. The molecule has 27 heavy (non-hydrogen) atoms. The second-order valence-electron chi connectivity index (χ2n) is 5.76. The molecule has 5 nitrogen and oxygen atoms in total. The van der Waals surface area contributed by atoms with E-state index in [4.69, 9.17) is 14.2 Å². The lowest BCUT2D eigenvalue weighted by atomic mass is 10.1. The topological polar surface area (TPSA) is 61.8 Å². The van der Waals surface area contributed by atoms with E-state index in [9.17, 15) is 9.59 Å². The standard InChI is InChI=1S/C22H18O5/c1-15(23)26-20-11-3-16(4-12-20)17-5-13-21(14-6-17)27-22(24)18-7-9-19(25-2)10-8-18/h3-14H,1-2H3. The van der Waals surface area contributed by atoms with Gasteiger partial charge in [-0.2, -0.15) is 0 Å². The molecule has 0 amide bonds. The fourth-order valence-corrected chi connectivity index (χ4v) is 2.49. The van der Waals surface area contributed by atoms with Gasteiger partial charge in [0.1, 0.15) is 17.2 Å². The van der Waals surface area contributed by atoms with Crippen molar-refractivity contribution in [2.45, 2.75) is 6.92 Å². The first kappa shape index (κ1) is 18.2. The molecular formula is C22H18O5. The summed E-state index contributed by atoms with van der Waals surface area (Å²) < 4.78 is 15.5. The molecule has 0 radical (unpaired) electrons. The van der Waals surface area contributed by atoms with Crippen LogP contribution < -0.4 is 14.2 Å². The highest BCUT2D eigenvalue weighted by atomic mass is 16.5. The highest BCUT2D eigenvalue weighted by Gasteiger charge is 2.09. The maximum absolute atomic E-state index is 12.2. The number of methoxy groups -OCH3 is 1. The van der Waals surface area contributed by atoms with Crippen molar-refractivity contribution in [3.63, 3.8) is 0 Å². The smallest absolute Gasteiger partial charge is 0.343 e. The third kappa shape index (κ3) is 4.73. The molecule has 0 N–H and O–H groups in total. The zero-order valence-corrected chi connectivity index (χ0v) is 15.0. The van der Waals surface area contributed by atoms with Crippen molar-refractivity contribution >= 4 is 11.9 Å². The minimum absolute atomic E-state index is 0.356. The fraction of sp³-hybridized carbons (Fsp3) is 0.0909. The summed E-state index contributed by atoms with van der Waals surface area (Å²) in [6.07, 6.45) is 0. The van der Waals surface area contributed by atoms with Gasteiger partial charge in [-0.25, -0.2) is 4.79 Å². The van der Waals surface area contributed by atoms with Crippen molar-refractivity contribution < 1.29 is 23.8 Å². The molecule has 0 aliphatic carbocycles. The summed E-state index contributed by atoms with van der Waals surface area (Å²) in [6.45, 7) is 1.36. The number of carbonyl (C=O) groups excluding carboxylic acids is 2. The molecule has 0 spiro atoms. The molecule has 0 unspecified atom stereocenters. The molecule has 0 fully saturated rings. The molecule has 0 bridgehead atoms. The lowest BCUT2D eigenvalue weighted by molar-refractivity contribution is -0.131. The molecule has 5 heteroatoms. The van der Waals surface area contributed by atoms with Crippen molar-refractivity contribution in [1.29, 1.82) is 0 Å². The number of hydrogen-bond donors (Lipinski definition) is 0. The van der Waals surface area contributed by atoms with Crippen molar-refractivity contribution in [2.24, 2.45) is 0 Å². The van der Waals surface area contributed by atoms with Gasteiger partial charge in [0.25, 0.3) is 0 Å². The average Bonchev–Trinajstić information content (AvgIpc) is 2.69. The van der Waals surface area contributed by atoms with Crippen LogP contribution in [0.15, 0.2) is 72.8 Å². The summed E-state index contributed by atoms with van der Waals surface area (Å²) >= 11 is 0. The van der Waals surface area contributed by atoms with Crippen molar-refractivity contribution in [3.05, 3.63) is 78.4 Å². The Morgan fingerprint density at radius 1 is 0.630 bits per heavy atom. The first-order chi connectivity index (χ1) is 13.0. The molecule has 0 aromatic heterocycles. The van der Waals surface area contributed by atoms with Crippen LogP contribution in [-0.2, 0) is 4.79 Å². The molecule has 3 aromatic carbocycles. The summed E-state index contributed by atoms with van der Waals surface area (Å²) in [4.78, 5) is 23.1. The Morgan fingerprint density at radius 3 is 1.52 bits per heavy atom. The Kier molecular flexibility index (Phi) is 5.52. The summed E-state index contributed by atoms with van der Waals surface area (Å²) in [6, 6.07) is 21.1. The molecule has 0 aliphatic rings. The van der Waals surface area contributed by atoms with Gasteiger partial charge in [-0.3, -0.25) is 4.79 Å². The first-order valence-electron chi connectivity index (χ1n) is 8.30. The van der Waals surface area contributed by atoms with E-state index in [1.165, 1.54) is 6.92 Å². The van der Waals surface area contributed by atoms with Crippen LogP contribution in [0, 0.1) is 0 Å². The number of esters is 2. The molecule has 0 heterocycles. The van der Waals surface area contributed by atoms with E-state index in [0.29, 0.717) is 22.8 Å². The van der Waals surface area contributed by atoms with Crippen LogP contribution in [0.5, 0.6) is 17.2 Å². The van der Waals surface area contributed by atoms with Gasteiger partial charge in [-0.1, -0.05) is 24.3 Å². The third-order valence-electron chi connectivity index (χ3n) is 3.84. The second kappa shape index (κ2) is 8.19. The van der Waals surface area contributed by atoms with Crippen LogP contribution in [-0.4, -0.2) is 19.0 Å². The number of ether oxygens (including phenoxy) is 3. The highest BCUT2D eigenvalue weighted by Crippen LogP contribution is 2.25. The van der Waals surface area contributed by atoms with E-state index in [-0.39, 0.29) is 5.97 Å². The Hall–Kier alpha value is -3.60. The lowest BCUT2D eigenvalue weighted by Gasteiger charge is -2.07. The predicted octanol–water partition coefficient (Wildman–Crippen LogP) is 4.51. The van der Waals surface area contributed by atoms with E-state index in [2.05, 4.69) is 0 Å². The number of rotatable bonds is 5. The number of benzene rings is 3. The number of hydrogen-bond acceptors (Lipinski definition) is 5. The van der Waals surface area contributed by atoms with E-state index < -0.39 is 5.97 Å². The summed E-state index contributed by atoms with van der Waals surface area (Å²) in [5, 5.41) is 0. The summed E-state index contributed by atoms with van der Waals surface area (Å²) in [5.74, 6) is 0.838. The largest absolute Gasteiger partial charge is 0.497 e. The van der Waals surface area contributed by atoms with Crippen molar-refractivity contribution in [1.82, 2.24) is 0 Å². The normalized spacial score (nSPS) is 10.1. The van der Waals surface area contributed by atoms with E-state index in [1.54, 1.807) is 55.6 Å². The van der Waals surface area contributed by atoms with Gasteiger partial charge in [0, 0.05) is 6.92 Å². The maximum atomic E-state index is 12.2. The van der Waals surface area contributed by atoms with Crippen LogP contribution in [0.2, 0.25) is 0 Å². The molecule has 3 rings (SSSR count). The summed E-state index contributed by atoms with van der Waals surface area (Å²) in [7, 11) is 1.57. The van der Waals surface area contributed by atoms with Gasteiger partial charge in [0.15, 0.2) is 0 Å². The molecule has 0 atom stereocenters. The predicted molar refractivity (Wildman–Crippen MR) is 101 cm³/mol. The van der Waals surface area contributed by atoms with Crippen molar-refractivity contribution in [3.8, 4) is 28.4 Å². The van der Waals surface area contributed by atoms with E-state index >= 15 is 0 Å². The van der Waals surface area contributed by atoms with E-state index in [0.717, 1.165) is 11.1 Å². The second-order valence-corrected chi connectivity index (χ2v) is 5.76. The molecule has 0 saturated carbocycles. The minimum Gasteiger partial charge on any atom is -0.497 e. The molecule has 136 valence electrons. The van der Waals surface area contributed by atoms with Crippen LogP contribution in [0.1, 0.15) is 17.3 Å². The van der Waals surface area contributed by atoms with Gasteiger partial charge in [0.2, 0.25) is 0 Å². The Labute approximate surface area is 157 Å². The zero-order chi connectivity index (χ0) is 19.2. The lowest BCUT2D eigenvalue weighted by Crippen LogP contribution is -2.08. The quantitative estimate of drug-likeness (QED) is 0.494. The third-order valence-corrected chi connectivity index (χ3v) is 3.84. The van der Waals surface area contributed by atoms with Gasteiger partial charge >= 0.3 is 11.9 Å². The molecular weight excluding hydrogens is 344 g/mol. The Bertz CT molecular complexity index is 926. The fourth-order valence-electron chi connectivity index (χ4n) is 2.49. The van der Waals surface area contributed by atoms with Crippen LogP contribution in [0.4, 0.5) is 0 Å². The minimum atomic E-state index is -0.434. The molecule has 3 aromatic rings. The maximum Gasteiger partial charge on any atom is 0.343 e. The van der Waals surface area contributed by atoms with Gasteiger partial charge in [-0.05, 0) is 59.7 Å². The van der Waals surface area contributed by atoms with Gasteiger partial charge in [0.05, 0.1) is 12.7 Å². The molecule has 0 saturated heterocycles. The Morgan fingerprint density at radius 2 is 1.07 bits per heavy atom. The Balaban J connectivity index is 1.67. The monoisotopic (exact) mass is 362 g/mol. The average molecular weight is 362 g/mol. The first-order valence-corrected chi connectivity index (χ1v) is 8.30. The van der Waals surface area contributed by atoms with Gasteiger partial charge < -0.3 is 14.2 Å². The number of carbonyl (C=O) groups is 2.